The van der Waals surface area contributed by atoms with Gasteiger partial charge in [0.2, 0.25) is 0 Å². The van der Waals surface area contributed by atoms with Crippen molar-refractivity contribution in [1.82, 2.24) is 19.3 Å². The second kappa shape index (κ2) is 9.19. The molecule has 9 nitrogen and oxygen atoms in total. The van der Waals surface area contributed by atoms with Crippen LogP contribution >= 0.6 is 0 Å². The van der Waals surface area contributed by atoms with Gasteiger partial charge in [-0.25, -0.2) is 19.2 Å². The molecule has 5 heterocycles. The standard InChI is InChI=1S/C24H30FN7O2/c1-16-13-31-15-20(19(25)12-22(31)27-16)28-24(33)32-7-5-18-21(4-6-26-23(18)32)30-9-8-29(10-11-34-3)17(2)14-30/h4,6,12-13,15,17H,5,7-11,14H2,1-3H3,(H,28,33)/t17-/m0/s1. The van der Waals surface area contributed by atoms with Crippen LogP contribution in [0.25, 0.3) is 5.65 Å². The SMILES string of the molecule is COCCN1CCN(c2ccnc3c2CCN3C(=O)Nc2cn3cc(C)nc3cc2F)C[C@@H]1C. The fraction of sp³-hybridized carbons (Fsp3) is 0.458. The highest BCUT2D eigenvalue weighted by Crippen LogP contribution is 2.35. The molecular weight excluding hydrogens is 437 g/mol. The van der Waals surface area contributed by atoms with Gasteiger partial charge in [0.25, 0.3) is 0 Å². The Kier molecular flexibility index (Phi) is 6.09. The number of amides is 2. The van der Waals surface area contributed by atoms with Crippen molar-refractivity contribution in [2.45, 2.75) is 26.3 Å². The zero-order valence-corrected chi connectivity index (χ0v) is 19.8. The van der Waals surface area contributed by atoms with Gasteiger partial charge in [-0.2, -0.15) is 0 Å². The molecule has 2 aliphatic rings. The third-order valence-electron chi connectivity index (χ3n) is 6.69. The van der Waals surface area contributed by atoms with Gasteiger partial charge in [-0.15, -0.1) is 0 Å². The second-order valence-electron chi connectivity index (χ2n) is 8.97. The number of carbonyl (C=O) groups excluding carboxylic acids is 1. The quantitative estimate of drug-likeness (QED) is 0.622. The number of hydrogen-bond donors (Lipinski definition) is 1. The number of imidazole rings is 1. The summed E-state index contributed by atoms with van der Waals surface area (Å²) in [6, 6.07) is 3.37. The van der Waals surface area contributed by atoms with Crippen LogP contribution in [-0.2, 0) is 11.2 Å². The molecule has 0 aliphatic carbocycles. The van der Waals surface area contributed by atoms with Crippen molar-refractivity contribution >= 4 is 28.9 Å². The number of hydrogen-bond acceptors (Lipinski definition) is 6. The molecule has 10 heteroatoms. The third kappa shape index (κ3) is 4.19. The minimum absolute atomic E-state index is 0.112. The van der Waals surface area contributed by atoms with Gasteiger partial charge in [-0.1, -0.05) is 0 Å². The number of aromatic nitrogens is 3. The average Bonchev–Trinajstić information content (AvgIpc) is 3.40. The lowest BCUT2D eigenvalue weighted by Gasteiger charge is -2.41. The molecule has 2 amide bonds. The first-order chi connectivity index (χ1) is 16.4. The van der Waals surface area contributed by atoms with Crippen LogP contribution in [0, 0.1) is 12.7 Å². The number of ether oxygens (including phenoxy) is 1. The summed E-state index contributed by atoms with van der Waals surface area (Å²) in [5.41, 5.74) is 3.58. The number of nitrogens with zero attached hydrogens (tertiary/aromatic N) is 6. The summed E-state index contributed by atoms with van der Waals surface area (Å²) in [7, 11) is 1.73. The number of nitrogens with one attached hydrogen (secondary N) is 1. The lowest BCUT2D eigenvalue weighted by molar-refractivity contribution is 0.117. The maximum Gasteiger partial charge on any atom is 0.327 e. The third-order valence-corrected chi connectivity index (χ3v) is 6.69. The minimum atomic E-state index is -0.520. The second-order valence-corrected chi connectivity index (χ2v) is 8.97. The molecule has 1 fully saturated rings. The Hall–Kier alpha value is -3.24. The van der Waals surface area contributed by atoms with Crippen molar-refractivity contribution < 1.29 is 13.9 Å². The van der Waals surface area contributed by atoms with E-state index in [9.17, 15) is 9.18 Å². The van der Waals surface area contributed by atoms with E-state index >= 15 is 0 Å². The monoisotopic (exact) mass is 467 g/mol. The molecular formula is C24H30FN7O2. The molecule has 1 saturated heterocycles. The number of piperazine rings is 1. The van der Waals surface area contributed by atoms with Crippen LogP contribution in [0.3, 0.4) is 0 Å². The number of rotatable bonds is 5. The zero-order chi connectivity index (χ0) is 23.8. The van der Waals surface area contributed by atoms with E-state index in [1.807, 2.05) is 13.0 Å². The van der Waals surface area contributed by atoms with E-state index in [1.54, 1.807) is 35.0 Å². The molecule has 0 unspecified atom stereocenters. The number of carbonyl (C=O) groups is 1. The molecule has 3 aromatic rings. The van der Waals surface area contributed by atoms with Crippen LogP contribution in [0.5, 0.6) is 0 Å². The summed E-state index contributed by atoms with van der Waals surface area (Å²) in [6.45, 7) is 9.00. The van der Waals surface area contributed by atoms with Crippen LogP contribution in [0.4, 0.5) is 26.4 Å². The lowest BCUT2D eigenvalue weighted by Crippen LogP contribution is -2.52. The molecule has 0 spiro atoms. The number of anilines is 3. The van der Waals surface area contributed by atoms with Crippen molar-refractivity contribution in [2.75, 3.05) is 61.6 Å². The number of methoxy groups -OCH3 is 1. The molecule has 180 valence electrons. The molecule has 5 rings (SSSR count). The Morgan fingerprint density at radius 1 is 1.29 bits per heavy atom. The summed E-state index contributed by atoms with van der Waals surface area (Å²) >= 11 is 0. The van der Waals surface area contributed by atoms with Gasteiger partial charge in [-0.05, 0) is 26.3 Å². The minimum Gasteiger partial charge on any atom is -0.383 e. The maximum absolute atomic E-state index is 14.6. The summed E-state index contributed by atoms with van der Waals surface area (Å²) in [4.78, 5) is 28.3. The number of pyridine rings is 2. The fourth-order valence-corrected chi connectivity index (χ4v) is 4.93. The molecule has 3 aromatic heterocycles. The van der Waals surface area contributed by atoms with Crippen molar-refractivity contribution in [3.05, 3.63) is 47.8 Å². The molecule has 2 aliphatic heterocycles. The number of fused-ring (bicyclic) bond motifs is 2. The van der Waals surface area contributed by atoms with Crippen LogP contribution in [0.15, 0.2) is 30.7 Å². The van der Waals surface area contributed by atoms with Gasteiger partial charge in [-0.3, -0.25) is 9.80 Å². The van der Waals surface area contributed by atoms with Gasteiger partial charge in [0.15, 0.2) is 5.82 Å². The average molecular weight is 468 g/mol. The fourth-order valence-electron chi connectivity index (χ4n) is 4.93. The largest absolute Gasteiger partial charge is 0.383 e. The highest BCUT2D eigenvalue weighted by Gasteiger charge is 2.32. The normalized spacial score (nSPS) is 18.5. The van der Waals surface area contributed by atoms with Gasteiger partial charge in [0.05, 0.1) is 18.0 Å². The van der Waals surface area contributed by atoms with E-state index in [1.165, 1.54) is 6.07 Å². The van der Waals surface area contributed by atoms with Crippen LogP contribution in [0.1, 0.15) is 18.2 Å². The summed E-state index contributed by atoms with van der Waals surface area (Å²) in [5.74, 6) is 0.123. The first kappa shape index (κ1) is 22.5. The van der Waals surface area contributed by atoms with Gasteiger partial charge >= 0.3 is 6.03 Å². The number of halogens is 1. The van der Waals surface area contributed by atoms with Crippen molar-refractivity contribution in [1.29, 1.82) is 0 Å². The molecule has 1 N–H and O–H groups in total. The number of aryl methyl sites for hydroxylation is 1. The van der Waals surface area contributed by atoms with Crippen LogP contribution in [-0.4, -0.2) is 77.8 Å². The van der Waals surface area contributed by atoms with E-state index in [2.05, 4.69) is 32.0 Å². The molecule has 0 saturated carbocycles. The molecule has 0 radical (unpaired) electrons. The summed E-state index contributed by atoms with van der Waals surface area (Å²) in [6.07, 6.45) is 5.81. The zero-order valence-electron chi connectivity index (χ0n) is 19.8. The van der Waals surface area contributed by atoms with Gasteiger partial charge < -0.3 is 19.4 Å². The van der Waals surface area contributed by atoms with Crippen molar-refractivity contribution in [2.24, 2.45) is 0 Å². The Bertz CT molecular complexity index is 1210. The molecule has 34 heavy (non-hydrogen) atoms. The molecule has 1 atom stereocenters. The topological polar surface area (TPSA) is 78.2 Å². The van der Waals surface area contributed by atoms with E-state index in [0.29, 0.717) is 30.5 Å². The summed E-state index contributed by atoms with van der Waals surface area (Å²) < 4.78 is 21.5. The van der Waals surface area contributed by atoms with Crippen LogP contribution < -0.4 is 15.1 Å². The first-order valence-corrected chi connectivity index (χ1v) is 11.6. The first-order valence-electron chi connectivity index (χ1n) is 11.6. The van der Waals surface area contributed by atoms with Crippen molar-refractivity contribution in [3.63, 3.8) is 0 Å². The number of urea groups is 1. The highest BCUT2D eigenvalue weighted by atomic mass is 19.1. The predicted octanol–water partition coefficient (Wildman–Crippen LogP) is 2.93. The van der Waals surface area contributed by atoms with E-state index in [-0.39, 0.29) is 5.69 Å². The van der Waals surface area contributed by atoms with Crippen LogP contribution in [0.2, 0.25) is 0 Å². The Labute approximate surface area is 198 Å². The van der Waals surface area contributed by atoms with E-state index < -0.39 is 11.8 Å². The molecule has 0 aromatic carbocycles. The van der Waals surface area contributed by atoms with Gasteiger partial charge in [0.1, 0.15) is 11.5 Å². The van der Waals surface area contributed by atoms with Crippen molar-refractivity contribution in [3.8, 4) is 0 Å². The maximum atomic E-state index is 14.6. The smallest absolute Gasteiger partial charge is 0.327 e. The molecule has 0 bridgehead atoms. The Morgan fingerprint density at radius 2 is 2.15 bits per heavy atom. The Morgan fingerprint density at radius 3 is 2.94 bits per heavy atom. The summed E-state index contributed by atoms with van der Waals surface area (Å²) in [5, 5.41) is 2.72. The predicted molar refractivity (Wildman–Crippen MR) is 129 cm³/mol. The van der Waals surface area contributed by atoms with E-state index in [0.717, 1.165) is 49.7 Å². The van der Waals surface area contributed by atoms with E-state index in [4.69, 9.17) is 4.74 Å². The van der Waals surface area contributed by atoms with Gasteiger partial charge in [0, 0.05) is 81.8 Å². The Balaban J connectivity index is 1.33. The lowest BCUT2D eigenvalue weighted by atomic mass is 10.1. The highest BCUT2D eigenvalue weighted by molar-refractivity contribution is 6.03.